The van der Waals surface area contributed by atoms with Crippen molar-refractivity contribution in [1.82, 2.24) is 19.5 Å². The molecule has 1 aromatic carbocycles. The molecule has 1 unspecified atom stereocenters. The van der Waals surface area contributed by atoms with Crippen molar-refractivity contribution in [2.45, 2.75) is 13.0 Å². The Morgan fingerprint density at radius 3 is 2.67 bits per heavy atom. The van der Waals surface area contributed by atoms with Crippen LogP contribution in [-0.2, 0) is 0 Å². The van der Waals surface area contributed by atoms with E-state index in [1.54, 1.807) is 18.5 Å². The van der Waals surface area contributed by atoms with Crippen molar-refractivity contribution < 1.29 is 13.9 Å². The second-order valence-corrected chi connectivity index (χ2v) is 7.65. The molecule has 0 bridgehead atoms. The zero-order valence-electron chi connectivity index (χ0n) is 17.3. The van der Waals surface area contributed by atoms with Gasteiger partial charge >= 0.3 is 0 Å². The highest BCUT2D eigenvalue weighted by Crippen LogP contribution is 2.25. The second-order valence-electron chi connectivity index (χ2n) is 7.24. The molecule has 33 heavy (non-hydrogen) atoms. The van der Waals surface area contributed by atoms with Crippen LogP contribution in [0.1, 0.15) is 17.2 Å². The Morgan fingerprint density at radius 1 is 1.15 bits per heavy atom. The molecular weight excluding hydrogens is 452 g/mol. The standard InChI is InChI=1S/C23H18ClF2N5O2/c1-13-10-27-6-4-19(13)29-23-28-11-18(26)22(30-23)15-5-7-31(21(33)9-15)20(12-32)14-2-3-16(24)17(25)8-14/h2-11,20,32H,12H2,1H3,(H,27,28,29,30). The molecule has 168 valence electrons. The SMILES string of the molecule is Cc1cnccc1Nc1ncc(F)c(-c2ccn(C(CO)c3ccc(Cl)c(F)c3)c(=O)c2)n1. The molecule has 7 nitrogen and oxygen atoms in total. The van der Waals surface area contributed by atoms with Gasteiger partial charge in [0.1, 0.15) is 11.5 Å². The second kappa shape index (κ2) is 9.43. The van der Waals surface area contributed by atoms with Gasteiger partial charge in [-0.2, -0.15) is 0 Å². The van der Waals surface area contributed by atoms with Crippen molar-refractivity contribution >= 4 is 23.2 Å². The van der Waals surface area contributed by atoms with Crippen molar-refractivity contribution in [3.63, 3.8) is 0 Å². The zero-order valence-corrected chi connectivity index (χ0v) is 18.1. The fourth-order valence-electron chi connectivity index (χ4n) is 3.33. The van der Waals surface area contributed by atoms with Crippen molar-refractivity contribution in [3.05, 3.63) is 99.3 Å². The van der Waals surface area contributed by atoms with Crippen LogP contribution in [0.3, 0.4) is 0 Å². The molecule has 0 saturated carbocycles. The van der Waals surface area contributed by atoms with Crippen LogP contribution in [0.5, 0.6) is 0 Å². The third kappa shape index (κ3) is 4.74. The van der Waals surface area contributed by atoms with Gasteiger partial charge in [0, 0.05) is 35.9 Å². The quantitative estimate of drug-likeness (QED) is 0.438. The molecule has 0 aliphatic heterocycles. The Bertz CT molecular complexity index is 1380. The van der Waals surface area contributed by atoms with Crippen LogP contribution in [0.2, 0.25) is 5.02 Å². The van der Waals surface area contributed by atoms with Gasteiger partial charge in [0.2, 0.25) is 5.95 Å². The third-order valence-corrected chi connectivity index (χ3v) is 5.38. The predicted molar refractivity (Wildman–Crippen MR) is 121 cm³/mol. The van der Waals surface area contributed by atoms with E-state index in [2.05, 4.69) is 20.3 Å². The number of hydrogen-bond acceptors (Lipinski definition) is 6. The van der Waals surface area contributed by atoms with E-state index in [1.165, 1.54) is 35.0 Å². The molecule has 0 saturated heterocycles. The lowest BCUT2D eigenvalue weighted by molar-refractivity contribution is 0.247. The molecule has 0 spiro atoms. The number of anilines is 2. The first kappa shape index (κ1) is 22.5. The third-order valence-electron chi connectivity index (χ3n) is 5.07. The summed E-state index contributed by atoms with van der Waals surface area (Å²) in [5, 5.41) is 12.8. The van der Waals surface area contributed by atoms with E-state index in [0.29, 0.717) is 11.3 Å². The lowest BCUT2D eigenvalue weighted by Gasteiger charge is -2.19. The van der Waals surface area contributed by atoms with E-state index in [-0.39, 0.29) is 22.2 Å². The maximum Gasteiger partial charge on any atom is 0.251 e. The maximum atomic E-state index is 14.5. The highest BCUT2D eigenvalue weighted by Gasteiger charge is 2.18. The predicted octanol–water partition coefficient (Wildman–Crippen LogP) is 4.27. The first-order chi connectivity index (χ1) is 15.9. The number of benzene rings is 1. The monoisotopic (exact) mass is 469 g/mol. The number of aryl methyl sites for hydroxylation is 1. The van der Waals surface area contributed by atoms with E-state index >= 15 is 0 Å². The van der Waals surface area contributed by atoms with Crippen LogP contribution in [0.15, 0.2) is 66.0 Å². The van der Waals surface area contributed by atoms with E-state index in [1.807, 2.05) is 6.92 Å². The summed E-state index contributed by atoms with van der Waals surface area (Å²) in [6, 6.07) is 7.61. The number of nitrogens with zero attached hydrogens (tertiary/aromatic N) is 4. The number of rotatable bonds is 6. The van der Waals surface area contributed by atoms with Gasteiger partial charge in [0.05, 0.1) is 23.9 Å². The first-order valence-corrected chi connectivity index (χ1v) is 10.2. The molecular formula is C23H18ClF2N5O2. The van der Waals surface area contributed by atoms with E-state index < -0.39 is 29.8 Å². The molecule has 0 fully saturated rings. The van der Waals surface area contributed by atoms with Crippen LogP contribution < -0.4 is 10.9 Å². The Labute approximate surface area is 192 Å². The molecule has 4 aromatic rings. The summed E-state index contributed by atoms with van der Waals surface area (Å²) < 4.78 is 29.6. The van der Waals surface area contributed by atoms with Crippen LogP contribution in [0.4, 0.5) is 20.4 Å². The molecule has 10 heteroatoms. The number of aliphatic hydroxyl groups is 1. The summed E-state index contributed by atoms with van der Waals surface area (Å²) >= 11 is 5.72. The van der Waals surface area contributed by atoms with Gasteiger partial charge in [-0.05, 0) is 42.3 Å². The lowest BCUT2D eigenvalue weighted by atomic mass is 10.1. The average Bonchev–Trinajstić information content (AvgIpc) is 2.80. The van der Waals surface area contributed by atoms with Crippen molar-refractivity contribution in [2.75, 3.05) is 11.9 Å². The minimum atomic E-state index is -0.847. The first-order valence-electron chi connectivity index (χ1n) is 9.86. The van der Waals surface area contributed by atoms with E-state index in [9.17, 15) is 18.7 Å². The molecule has 0 aliphatic rings. The summed E-state index contributed by atoms with van der Waals surface area (Å²) in [7, 11) is 0. The summed E-state index contributed by atoms with van der Waals surface area (Å²) in [4.78, 5) is 25.0. The zero-order chi connectivity index (χ0) is 23.5. The van der Waals surface area contributed by atoms with Gasteiger partial charge in [-0.1, -0.05) is 17.7 Å². The Hall–Kier alpha value is -3.69. The van der Waals surface area contributed by atoms with Crippen LogP contribution in [-0.4, -0.2) is 31.2 Å². The fourth-order valence-corrected chi connectivity index (χ4v) is 3.45. The van der Waals surface area contributed by atoms with Crippen molar-refractivity contribution in [3.8, 4) is 11.3 Å². The number of hydrogen-bond donors (Lipinski definition) is 2. The normalized spacial score (nSPS) is 11.9. The number of halogens is 3. The fraction of sp³-hybridized carbons (Fsp3) is 0.130. The van der Waals surface area contributed by atoms with Gasteiger partial charge in [0.15, 0.2) is 5.82 Å². The lowest BCUT2D eigenvalue weighted by Crippen LogP contribution is -2.27. The van der Waals surface area contributed by atoms with E-state index in [4.69, 9.17) is 11.6 Å². The number of nitrogens with one attached hydrogen (secondary N) is 1. The van der Waals surface area contributed by atoms with E-state index in [0.717, 1.165) is 17.8 Å². The highest BCUT2D eigenvalue weighted by atomic mass is 35.5. The molecule has 0 amide bonds. The highest BCUT2D eigenvalue weighted by molar-refractivity contribution is 6.30. The minimum Gasteiger partial charge on any atom is -0.394 e. The van der Waals surface area contributed by atoms with Crippen LogP contribution in [0.25, 0.3) is 11.3 Å². The van der Waals surface area contributed by atoms with Crippen molar-refractivity contribution in [1.29, 1.82) is 0 Å². The smallest absolute Gasteiger partial charge is 0.251 e. The summed E-state index contributed by atoms with van der Waals surface area (Å²) in [5.41, 5.74) is 1.55. The number of aromatic nitrogens is 4. The molecule has 1 atom stereocenters. The topological polar surface area (TPSA) is 92.9 Å². The van der Waals surface area contributed by atoms with Gasteiger partial charge in [-0.25, -0.2) is 18.7 Å². The largest absolute Gasteiger partial charge is 0.394 e. The molecule has 3 heterocycles. The van der Waals surface area contributed by atoms with Gasteiger partial charge in [0.25, 0.3) is 5.56 Å². The Balaban J connectivity index is 1.68. The molecule has 0 radical (unpaired) electrons. The average molecular weight is 470 g/mol. The van der Waals surface area contributed by atoms with Crippen LogP contribution >= 0.6 is 11.6 Å². The summed E-state index contributed by atoms with van der Waals surface area (Å²) in [6.07, 6.45) is 5.67. The molecule has 3 aromatic heterocycles. The number of aliphatic hydroxyl groups excluding tert-OH is 1. The minimum absolute atomic E-state index is 0.0660. The summed E-state index contributed by atoms with van der Waals surface area (Å²) in [6.45, 7) is 1.39. The van der Waals surface area contributed by atoms with Gasteiger partial charge in [-0.15, -0.1) is 0 Å². The van der Waals surface area contributed by atoms with Crippen molar-refractivity contribution in [2.24, 2.45) is 0 Å². The Morgan fingerprint density at radius 2 is 1.97 bits per heavy atom. The summed E-state index contributed by atoms with van der Waals surface area (Å²) in [5.74, 6) is -1.22. The molecule has 4 rings (SSSR count). The van der Waals surface area contributed by atoms with Crippen LogP contribution in [0, 0.1) is 18.6 Å². The molecule has 2 N–H and O–H groups in total. The Kier molecular flexibility index (Phi) is 6.43. The van der Waals surface area contributed by atoms with Gasteiger partial charge in [-0.3, -0.25) is 9.78 Å². The maximum absolute atomic E-state index is 14.5. The number of pyridine rings is 2. The van der Waals surface area contributed by atoms with Gasteiger partial charge < -0.3 is 15.0 Å². The molecule has 0 aliphatic carbocycles.